The molecule has 0 aliphatic carbocycles. The molecule has 1 heterocycles. The van der Waals surface area contributed by atoms with Crippen molar-refractivity contribution in [2.24, 2.45) is 0 Å². The lowest BCUT2D eigenvalue weighted by Gasteiger charge is -2.02. The van der Waals surface area contributed by atoms with Gasteiger partial charge in [0.15, 0.2) is 5.82 Å². The molecule has 0 aromatic carbocycles. The SMILES string of the molecule is O=C(O)COCC(=O)Nc1cnccn1. The molecule has 1 aromatic heterocycles. The van der Waals surface area contributed by atoms with Gasteiger partial charge in [-0.05, 0) is 0 Å². The van der Waals surface area contributed by atoms with Crippen molar-refractivity contribution in [3.8, 4) is 0 Å². The van der Waals surface area contributed by atoms with Gasteiger partial charge in [-0.2, -0.15) is 0 Å². The van der Waals surface area contributed by atoms with Crippen LogP contribution in [0.25, 0.3) is 0 Å². The topological polar surface area (TPSA) is 101 Å². The highest BCUT2D eigenvalue weighted by Gasteiger charge is 2.04. The molecule has 1 amide bonds. The summed E-state index contributed by atoms with van der Waals surface area (Å²) >= 11 is 0. The zero-order chi connectivity index (χ0) is 11.1. The van der Waals surface area contributed by atoms with Crippen molar-refractivity contribution in [2.45, 2.75) is 0 Å². The number of carbonyl (C=O) groups excluding carboxylic acids is 1. The lowest BCUT2D eigenvalue weighted by Crippen LogP contribution is -2.21. The first-order chi connectivity index (χ1) is 7.18. The Morgan fingerprint density at radius 2 is 2.20 bits per heavy atom. The number of carbonyl (C=O) groups is 2. The fraction of sp³-hybridized carbons (Fsp3) is 0.250. The Balaban J connectivity index is 2.28. The summed E-state index contributed by atoms with van der Waals surface area (Å²) in [5.41, 5.74) is 0. The first-order valence-electron chi connectivity index (χ1n) is 4.04. The normalized spacial score (nSPS) is 9.60. The second-order valence-electron chi connectivity index (χ2n) is 2.53. The predicted molar refractivity (Wildman–Crippen MR) is 49.1 cm³/mol. The average Bonchev–Trinajstić information content (AvgIpc) is 2.18. The molecule has 0 atom stereocenters. The molecule has 0 fully saturated rings. The van der Waals surface area contributed by atoms with Gasteiger partial charge in [-0.1, -0.05) is 0 Å². The van der Waals surface area contributed by atoms with Gasteiger partial charge in [-0.25, -0.2) is 9.78 Å². The molecule has 2 N–H and O–H groups in total. The van der Waals surface area contributed by atoms with Crippen LogP contribution in [0.3, 0.4) is 0 Å². The van der Waals surface area contributed by atoms with E-state index in [2.05, 4.69) is 20.0 Å². The molecule has 7 nitrogen and oxygen atoms in total. The molecule has 1 aromatic rings. The zero-order valence-electron chi connectivity index (χ0n) is 7.71. The zero-order valence-corrected chi connectivity index (χ0v) is 7.71. The number of aliphatic carboxylic acids is 1. The number of rotatable bonds is 5. The van der Waals surface area contributed by atoms with Crippen molar-refractivity contribution < 1.29 is 19.4 Å². The molecule has 15 heavy (non-hydrogen) atoms. The molecule has 0 radical (unpaired) electrons. The highest BCUT2D eigenvalue weighted by atomic mass is 16.5. The van der Waals surface area contributed by atoms with Crippen molar-refractivity contribution in [3.63, 3.8) is 0 Å². The van der Waals surface area contributed by atoms with E-state index in [9.17, 15) is 9.59 Å². The second kappa shape index (κ2) is 5.66. The van der Waals surface area contributed by atoms with E-state index in [0.29, 0.717) is 5.82 Å². The summed E-state index contributed by atoms with van der Waals surface area (Å²) < 4.78 is 4.57. The minimum atomic E-state index is -1.12. The summed E-state index contributed by atoms with van der Waals surface area (Å²) in [4.78, 5) is 28.7. The van der Waals surface area contributed by atoms with Crippen LogP contribution in [-0.4, -0.2) is 40.2 Å². The second-order valence-corrected chi connectivity index (χ2v) is 2.53. The largest absolute Gasteiger partial charge is 0.480 e. The molecule has 7 heteroatoms. The molecule has 80 valence electrons. The van der Waals surface area contributed by atoms with E-state index in [-0.39, 0.29) is 6.61 Å². The van der Waals surface area contributed by atoms with E-state index >= 15 is 0 Å². The molecule has 0 saturated heterocycles. The van der Waals surface area contributed by atoms with Crippen LogP contribution in [0.15, 0.2) is 18.6 Å². The molecular weight excluding hydrogens is 202 g/mol. The van der Waals surface area contributed by atoms with E-state index in [0.717, 1.165) is 0 Å². The summed E-state index contributed by atoms with van der Waals surface area (Å²) in [7, 11) is 0. The van der Waals surface area contributed by atoms with Crippen LogP contribution in [0.4, 0.5) is 5.82 Å². The van der Waals surface area contributed by atoms with E-state index in [1.54, 1.807) is 0 Å². The van der Waals surface area contributed by atoms with Gasteiger partial charge in [0.2, 0.25) is 0 Å². The average molecular weight is 211 g/mol. The minimum absolute atomic E-state index is 0.293. The van der Waals surface area contributed by atoms with E-state index in [1.165, 1.54) is 18.6 Å². The Bertz CT molecular complexity index is 341. The number of hydrogen-bond donors (Lipinski definition) is 2. The maximum Gasteiger partial charge on any atom is 0.329 e. The van der Waals surface area contributed by atoms with Crippen LogP contribution >= 0.6 is 0 Å². The number of ether oxygens (including phenoxy) is 1. The molecule has 0 aliphatic rings. The summed E-state index contributed by atoms with van der Waals surface area (Å²) in [5, 5.41) is 10.6. The monoisotopic (exact) mass is 211 g/mol. The predicted octanol–water partition coefficient (Wildman–Crippen LogP) is -0.484. The Hall–Kier alpha value is -2.02. The molecule has 0 spiro atoms. The number of amides is 1. The van der Waals surface area contributed by atoms with Crippen LogP contribution in [0.1, 0.15) is 0 Å². The van der Waals surface area contributed by atoms with Crippen molar-refractivity contribution >= 4 is 17.7 Å². The van der Waals surface area contributed by atoms with Crippen molar-refractivity contribution in [3.05, 3.63) is 18.6 Å². The summed E-state index contributed by atoms with van der Waals surface area (Å²) in [6, 6.07) is 0. The van der Waals surface area contributed by atoms with Gasteiger partial charge < -0.3 is 15.2 Å². The minimum Gasteiger partial charge on any atom is -0.480 e. The summed E-state index contributed by atoms with van der Waals surface area (Å²) in [5.74, 6) is -1.31. The fourth-order valence-electron chi connectivity index (χ4n) is 0.774. The molecule has 0 aliphatic heterocycles. The molecule has 1 rings (SSSR count). The third kappa shape index (κ3) is 4.67. The number of anilines is 1. The lowest BCUT2D eigenvalue weighted by atomic mass is 10.6. The third-order valence-corrected chi connectivity index (χ3v) is 1.29. The van der Waals surface area contributed by atoms with Crippen molar-refractivity contribution in [1.29, 1.82) is 0 Å². The van der Waals surface area contributed by atoms with Gasteiger partial charge in [0, 0.05) is 12.4 Å². The standard InChI is InChI=1S/C8H9N3O4/c12-7(4-15-5-8(13)14)11-6-3-9-1-2-10-6/h1-3H,4-5H2,(H,13,14)(H,10,11,12). The Kier molecular flexibility index (Phi) is 4.17. The number of hydrogen-bond acceptors (Lipinski definition) is 5. The van der Waals surface area contributed by atoms with Crippen LogP contribution in [-0.2, 0) is 14.3 Å². The third-order valence-electron chi connectivity index (χ3n) is 1.29. The molecule has 0 saturated carbocycles. The summed E-state index contributed by atoms with van der Waals surface area (Å²) in [6.45, 7) is -0.837. The van der Waals surface area contributed by atoms with Crippen LogP contribution < -0.4 is 5.32 Å². The van der Waals surface area contributed by atoms with E-state index in [4.69, 9.17) is 5.11 Å². The molecule has 0 unspecified atom stereocenters. The quantitative estimate of drug-likeness (QED) is 0.681. The number of carboxylic acids is 1. The van der Waals surface area contributed by atoms with Crippen LogP contribution in [0.5, 0.6) is 0 Å². The molecule has 0 bridgehead atoms. The van der Waals surface area contributed by atoms with Gasteiger partial charge in [0.05, 0.1) is 6.20 Å². The Labute approximate surface area is 85.1 Å². The van der Waals surface area contributed by atoms with Crippen LogP contribution in [0.2, 0.25) is 0 Å². The molecular formula is C8H9N3O4. The van der Waals surface area contributed by atoms with Crippen LogP contribution in [0, 0.1) is 0 Å². The van der Waals surface area contributed by atoms with Gasteiger partial charge >= 0.3 is 5.97 Å². The van der Waals surface area contributed by atoms with Gasteiger partial charge in [0.25, 0.3) is 5.91 Å². The first kappa shape index (κ1) is 11.1. The fourth-order valence-corrected chi connectivity index (χ4v) is 0.774. The first-order valence-corrected chi connectivity index (χ1v) is 4.04. The Morgan fingerprint density at radius 3 is 2.80 bits per heavy atom. The lowest BCUT2D eigenvalue weighted by molar-refractivity contribution is -0.143. The van der Waals surface area contributed by atoms with Gasteiger partial charge in [-0.15, -0.1) is 0 Å². The smallest absolute Gasteiger partial charge is 0.329 e. The highest BCUT2D eigenvalue weighted by Crippen LogP contribution is 1.96. The summed E-state index contributed by atoms with van der Waals surface area (Å²) in [6.07, 6.45) is 4.26. The number of nitrogens with one attached hydrogen (secondary N) is 1. The van der Waals surface area contributed by atoms with E-state index in [1.807, 2.05) is 0 Å². The number of nitrogens with zero attached hydrogens (tertiary/aromatic N) is 2. The van der Waals surface area contributed by atoms with Crippen molar-refractivity contribution in [1.82, 2.24) is 9.97 Å². The maximum absolute atomic E-state index is 11.1. The van der Waals surface area contributed by atoms with Gasteiger partial charge in [-0.3, -0.25) is 9.78 Å². The number of aromatic nitrogens is 2. The van der Waals surface area contributed by atoms with Gasteiger partial charge in [0.1, 0.15) is 13.2 Å². The van der Waals surface area contributed by atoms with E-state index < -0.39 is 18.5 Å². The maximum atomic E-state index is 11.1. The van der Waals surface area contributed by atoms with Crippen molar-refractivity contribution in [2.75, 3.05) is 18.5 Å². The highest BCUT2D eigenvalue weighted by molar-refractivity contribution is 5.90. The Morgan fingerprint density at radius 1 is 1.40 bits per heavy atom. The number of carboxylic acid groups (broad SMARTS) is 1.